The fraction of sp³-hybridized carbons (Fsp3) is 0.550. The van der Waals surface area contributed by atoms with Crippen LogP contribution in [0.4, 0.5) is 5.69 Å². The van der Waals surface area contributed by atoms with E-state index in [1.54, 1.807) is 22.0 Å². The Morgan fingerprint density at radius 2 is 2.17 bits per heavy atom. The van der Waals surface area contributed by atoms with E-state index in [0.717, 1.165) is 30.4 Å². The molecule has 0 spiro atoms. The fourth-order valence-corrected chi connectivity index (χ4v) is 3.89. The first-order valence-corrected chi connectivity index (χ1v) is 10.1. The highest BCUT2D eigenvalue weighted by Crippen LogP contribution is 2.19. The Balaban J connectivity index is 0.00000240. The molecule has 2 fully saturated rings. The van der Waals surface area contributed by atoms with Crippen LogP contribution in [-0.2, 0) is 18.3 Å². The third-order valence-electron chi connectivity index (χ3n) is 5.41. The number of carbonyl (C=O) groups is 1. The monoisotopic (exact) mass is 512 g/mol. The van der Waals surface area contributed by atoms with Crippen molar-refractivity contribution in [1.29, 1.82) is 0 Å². The normalized spacial score (nSPS) is 18.2. The van der Waals surface area contributed by atoms with E-state index in [2.05, 4.69) is 15.3 Å². The highest BCUT2D eigenvalue weighted by Gasteiger charge is 2.29. The fourth-order valence-electron chi connectivity index (χ4n) is 3.89. The minimum atomic E-state index is 0. The van der Waals surface area contributed by atoms with Crippen LogP contribution in [0.3, 0.4) is 0 Å². The predicted octanol–water partition coefficient (Wildman–Crippen LogP) is 2.41. The summed E-state index contributed by atoms with van der Waals surface area (Å²) in [6.07, 6.45) is 10.9. The summed E-state index contributed by atoms with van der Waals surface area (Å²) in [6, 6.07) is 4.32. The first-order valence-electron chi connectivity index (χ1n) is 10.1. The quantitative estimate of drug-likeness (QED) is 0.378. The second kappa shape index (κ2) is 10.1. The van der Waals surface area contributed by atoms with Crippen LogP contribution in [0.1, 0.15) is 31.4 Å². The van der Waals surface area contributed by atoms with Crippen molar-refractivity contribution in [1.82, 2.24) is 20.0 Å². The van der Waals surface area contributed by atoms with E-state index in [4.69, 9.17) is 9.41 Å². The summed E-state index contributed by atoms with van der Waals surface area (Å²) < 4.78 is 7.12. The molecule has 29 heavy (non-hydrogen) atoms. The lowest BCUT2D eigenvalue weighted by Crippen LogP contribution is -2.56. The molecule has 1 aliphatic heterocycles. The molecule has 0 bridgehead atoms. The molecule has 158 valence electrons. The summed E-state index contributed by atoms with van der Waals surface area (Å²) in [5.74, 6) is 1.85. The lowest BCUT2D eigenvalue weighted by Gasteiger charge is -2.36. The van der Waals surface area contributed by atoms with Gasteiger partial charge in [-0.15, -0.1) is 24.0 Å². The van der Waals surface area contributed by atoms with E-state index in [1.807, 2.05) is 25.4 Å². The number of carbonyl (C=O) groups excluding carboxylic acids is 1. The molecule has 9 heteroatoms. The van der Waals surface area contributed by atoms with Crippen LogP contribution in [0.15, 0.2) is 40.2 Å². The summed E-state index contributed by atoms with van der Waals surface area (Å²) in [6.45, 7) is 2.35. The van der Waals surface area contributed by atoms with E-state index in [-0.39, 0.29) is 29.9 Å². The summed E-state index contributed by atoms with van der Waals surface area (Å²) >= 11 is 0. The number of piperazine rings is 1. The topological polar surface area (TPSA) is 78.9 Å². The van der Waals surface area contributed by atoms with Crippen molar-refractivity contribution in [2.75, 3.05) is 31.1 Å². The van der Waals surface area contributed by atoms with E-state index >= 15 is 0 Å². The first-order chi connectivity index (χ1) is 13.7. The van der Waals surface area contributed by atoms with Gasteiger partial charge in [0.15, 0.2) is 5.96 Å². The van der Waals surface area contributed by atoms with Gasteiger partial charge in [0.05, 0.1) is 18.1 Å². The van der Waals surface area contributed by atoms with Gasteiger partial charge in [0.1, 0.15) is 12.3 Å². The van der Waals surface area contributed by atoms with Gasteiger partial charge in [-0.05, 0) is 25.0 Å². The van der Waals surface area contributed by atoms with Crippen LogP contribution in [0.2, 0.25) is 0 Å². The van der Waals surface area contributed by atoms with Gasteiger partial charge in [-0.2, -0.15) is 5.10 Å². The van der Waals surface area contributed by atoms with Gasteiger partial charge in [0.2, 0.25) is 5.91 Å². The van der Waals surface area contributed by atoms with Gasteiger partial charge in [-0.1, -0.05) is 12.8 Å². The molecular formula is C20H29IN6O2. The molecule has 2 aromatic heterocycles. The SMILES string of the molecule is Cn1cc(N2CCN(C(=NCCc3ccco3)NC3CCCC3)CC2=O)cn1.I. The highest BCUT2D eigenvalue weighted by atomic mass is 127. The van der Waals surface area contributed by atoms with E-state index in [1.165, 1.54) is 25.7 Å². The van der Waals surface area contributed by atoms with Gasteiger partial charge in [-0.25, -0.2) is 0 Å². The van der Waals surface area contributed by atoms with E-state index in [9.17, 15) is 4.79 Å². The molecule has 2 aliphatic rings. The number of aryl methyl sites for hydroxylation is 1. The van der Waals surface area contributed by atoms with Gasteiger partial charge in [0.25, 0.3) is 0 Å². The van der Waals surface area contributed by atoms with Crippen LogP contribution in [-0.4, -0.2) is 58.8 Å². The number of hydrogen-bond acceptors (Lipinski definition) is 4. The molecule has 3 heterocycles. The molecule has 1 aliphatic carbocycles. The molecule has 0 atom stereocenters. The number of furan rings is 1. The molecule has 0 unspecified atom stereocenters. The number of anilines is 1. The molecule has 4 rings (SSSR count). The number of hydrogen-bond donors (Lipinski definition) is 1. The third kappa shape index (κ3) is 5.52. The second-order valence-electron chi connectivity index (χ2n) is 7.50. The Morgan fingerprint density at radius 3 is 2.83 bits per heavy atom. The van der Waals surface area contributed by atoms with Crippen molar-refractivity contribution < 1.29 is 9.21 Å². The Morgan fingerprint density at radius 1 is 1.34 bits per heavy atom. The summed E-state index contributed by atoms with van der Waals surface area (Å²) in [7, 11) is 1.86. The van der Waals surface area contributed by atoms with Crippen molar-refractivity contribution in [2.45, 2.75) is 38.1 Å². The summed E-state index contributed by atoms with van der Waals surface area (Å²) in [5, 5.41) is 7.78. The lowest BCUT2D eigenvalue weighted by atomic mass is 10.2. The molecule has 8 nitrogen and oxygen atoms in total. The number of aliphatic imine (C=N–C) groups is 1. The molecule has 2 aromatic rings. The largest absolute Gasteiger partial charge is 0.469 e. The molecule has 0 radical (unpaired) electrons. The molecule has 1 saturated heterocycles. The smallest absolute Gasteiger partial charge is 0.246 e. The maximum absolute atomic E-state index is 12.8. The lowest BCUT2D eigenvalue weighted by molar-refractivity contribution is -0.120. The Labute approximate surface area is 188 Å². The molecule has 1 amide bonds. The summed E-state index contributed by atoms with van der Waals surface area (Å²) in [5.41, 5.74) is 0.854. The van der Waals surface area contributed by atoms with Gasteiger partial charge in [0, 0.05) is 45.3 Å². The third-order valence-corrected chi connectivity index (χ3v) is 5.41. The zero-order valence-electron chi connectivity index (χ0n) is 16.8. The van der Waals surface area contributed by atoms with Crippen molar-refractivity contribution in [3.63, 3.8) is 0 Å². The minimum Gasteiger partial charge on any atom is -0.469 e. The van der Waals surface area contributed by atoms with Gasteiger partial charge < -0.3 is 19.5 Å². The number of rotatable bonds is 5. The zero-order valence-corrected chi connectivity index (χ0v) is 19.1. The van der Waals surface area contributed by atoms with Crippen LogP contribution in [0.25, 0.3) is 0 Å². The standard InChI is InChI=1S/C20H28N6O2.HI/c1-24-14-17(13-22-24)26-11-10-25(15-19(26)27)20(23-16-5-2-3-6-16)21-9-8-18-7-4-12-28-18;/h4,7,12-14,16H,2-3,5-6,8-11,15H2,1H3,(H,21,23);1H. The van der Waals surface area contributed by atoms with Crippen LogP contribution in [0.5, 0.6) is 0 Å². The maximum atomic E-state index is 12.8. The minimum absolute atomic E-state index is 0. The Bertz CT molecular complexity index is 813. The second-order valence-corrected chi connectivity index (χ2v) is 7.50. The van der Waals surface area contributed by atoms with E-state index in [0.29, 0.717) is 25.7 Å². The summed E-state index contributed by atoms with van der Waals surface area (Å²) in [4.78, 5) is 21.5. The number of halogens is 1. The maximum Gasteiger partial charge on any atom is 0.246 e. The Kier molecular flexibility index (Phi) is 7.57. The molecule has 0 aromatic carbocycles. The van der Waals surface area contributed by atoms with Gasteiger partial charge >= 0.3 is 0 Å². The van der Waals surface area contributed by atoms with Crippen molar-refractivity contribution >= 4 is 41.5 Å². The van der Waals surface area contributed by atoms with E-state index < -0.39 is 0 Å². The average Bonchev–Trinajstić information content (AvgIpc) is 3.44. The highest BCUT2D eigenvalue weighted by molar-refractivity contribution is 14.0. The molecule has 1 N–H and O–H groups in total. The van der Waals surface area contributed by atoms with Gasteiger partial charge in [-0.3, -0.25) is 14.5 Å². The molecular weight excluding hydrogens is 483 g/mol. The first kappa shape index (κ1) is 21.7. The number of guanidine groups is 1. The number of aromatic nitrogens is 2. The number of nitrogens with zero attached hydrogens (tertiary/aromatic N) is 5. The number of nitrogens with one attached hydrogen (secondary N) is 1. The van der Waals surface area contributed by atoms with Crippen molar-refractivity contribution in [3.8, 4) is 0 Å². The predicted molar refractivity (Wildman–Crippen MR) is 123 cm³/mol. The average molecular weight is 512 g/mol. The van der Waals surface area contributed by atoms with Crippen molar-refractivity contribution in [3.05, 3.63) is 36.5 Å². The van der Waals surface area contributed by atoms with Crippen LogP contribution < -0.4 is 10.2 Å². The van der Waals surface area contributed by atoms with Crippen LogP contribution in [0, 0.1) is 0 Å². The zero-order chi connectivity index (χ0) is 19.3. The van der Waals surface area contributed by atoms with Crippen molar-refractivity contribution in [2.24, 2.45) is 12.0 Å². The number of amides is 1. The Hall–Kier alpha value is -2.04. The van der Waals surface area contributed by atoms with Crippen LogP contribution >= 0.6 is 24.0 Å². The molecule has 1 saturated carbocycles.